The number of anilines is 1. The number of hydrogen-bond acceptors (Lipinski definition) is 3. The van der Waals surface area contributed by atoms with Crippen LogP contribution < -0.4 is 14.8 Å². The van der Waals surface area contributed by atoms with Crippen LogP contribution in [0.15, 0.2) is 40.9 Å². The normalized spacial score (nSPS) is 16.2. The first-order valence-corrected chi connectivity index (χ1v) is 8.48. The van der Waals surface area contributed by atoms with Crippen molar-refractivity contribution in [1.82, 2.24) is 4.90 Å². The number of carbonyl (C=O) groups is 1. The summed E-state index contributed by atoms with van der Waals surface area (Å²) in [5, 5.41) is 0. The fraction of sp³-hybridized carbons (Fsp3) is 0.444. The van der Waals surface area contributed by atoms with E-state index in [-0.39, 0.29) is 5.91 Å². The highest BCUT2D eigenvalue weighted by Crippen LogP contribution is 2.09. The van der Waals surface area contributed by atoms with Crippen LogP contribution in [0.1, 0.15) is 11.5 Å². The van der Waals surface area contributed by atoms with Gasteiger partial charge in [0.2, 0.25) is 0 Å². The van der Waals surface area contributed by atoms with Crippen molar-refractivity contribution < 1.29 is 19.1 Å². The molecule has 1 amide bonds. The van der Waals surface area contributed by atoms with Crippen molar-refractivity contribution in [2.75, 3.05) is 44.7 Å². The summed E-state index contributed by atoms with van der Waals surface area (Å²) in [7, 11) is 2.03. The fourth-order valence-corrected chi connectivity index (χ4v) is 3.09. The lowest BCUT2D eigenvalue weighted by Crippen LogP contribution is -3.08. The minimum atomic E-state index is 0.215. The number of aromatic nitrogens is 1. The van der Waals surface area contributed by atoms with Crippen LogP contribution in [0.4, 0.5) is 5.82 Å². The molecular weight excluding hydrogens is 304 g/mol. The molecule has 24 heavy (non-hydrogen) atoms. The Bertz CT molecular complexity index is 663. The second-order valence-electron chi connectivity index (χ2n) is 6.44. The lowest BCUT2D eigenvalue weighted by Gasteiger charge is -2.31. The van der Waals surface area contributed by atoms with Crippen molar-refractivity contribution in [3.05, 3.63) is 48.0 Å². The molecule has 2 N–H and O–H groups in total. The Morgan fingerprint density at radius 1 is 1.21 bits per heavy atom. The van der Waals surface area contributed by atoms with E-state index in [0.717, 1.165) is 55.0 Å². The zero-order valence-corrected chi connectivity index (χ0v) is 14.4. The van der Waals surface area contributed by atoms with Gasteiger partial charge in [-0.2, -0.15) is 0 Å². The summed E-state index contributed by atoms with van der Waals surface area (Å²) in [6.45, 7) is 6.44. The molecule has 0 aromatic carbocycles. The van der Waals surface area contributed by atoms with Gasteiger partial charge in [-0.25, -0.2) is 4.98 Å². The number of H-pyrrole nitrogens is 1. The van der Waals surface area contributed by atoms with E-state index in [2.05, 4.69) is 16.0 Å². The van der Waals surface area contributed by atoms with Crippen molar-refractivity contribution in [1.29, 1.82) is 0 Å². The SMILES string of the molecule is Cc1ccc(C[NH+](C)CC(=O)N2CCN(c3cccc[nH+]3)CC2)o1. The Hall–Kier alpha value is -2.34. The van der Waals surface area contributed by atoms with Crippen LogP contribution in [0, 0.1) is 6.92 Å². The standard InChI is InChI=1S/C18H24N4O2/c1-15-6-7-16(24-15)13-20(2)14-18(23)22-11-9-21(10-12-22)17-5-3-4-8-19-17/h3-8H,9-14H2,1-2H3/p+2. The zero-order chi connectivity index (χ0) is 16.9. The number of likely N-dealkylation sites (N-methyl/N-ethyl adjacent to an activating group) is 1. The van der Waals surface area contributed by atoms with Crippen molar-refractivity contribution in [2.45, 2.75) is 13.5 Å². The third-order valence-electron chi connectivity index (χ3n) is 4.39. The van der Waals surface area contributed by atoms with Gasteiger partial charge in [-0.3, -0.25) is 9.69 Å². The quantitative estimate of drug-likeness (QED) is 0.824. The van der Waals surface area contributed by atoms with E-state index >= 15 is 0 Å². The maximum atomic E-state index is 12.5. The largest absolute Gasteiger partial charge is 0.460 e. The number of furan rings is 1. The summed E-state index contributed by atoms with van der Waals surface area (Å²) in [5.74, 6) is 3.17. The average Bonchev–Trinajstić information content (AvgIpc) is 3.00. The topological polar surface area (TPSA) is 55.3 Å². The number of nitrogens with one attached hydrogen (secondary N) is 2. The Morgan fingerprint density at radius 2 is 2.00 bits per heavy atom. The fourth-order valence-electron chi connectivity index (χ4n) is 3.09. The molecule has 6 nitrogen and oxygen atoms in total. The predicted molar refractivity (Wildman–Crippen MR) is 90.7 cm³/mol. The Labute approximate surface area is 142 Å². The van der Waals surface area contributed by atoms with Crippen LogP contribution >= 0.6 is 0 Å². The van der Waals surface area contributed by atoms with E-state index in [4.69, 9.17) is 4.42 Å². The summed E-state index contributed by atoms with van der Waals surface area (Å²) < 4.78 is 5.59. The van der Waals surface area contributed by atoms with Crippen LogP contribution in [0.3, 0.4) is 0 Å². The van der Waals surface area contributed by atoms with Gasteiger partial charge < -0.3 is 14.2 Å². The molecular formula is C18H26N4O2+2. The van der Waals surface area contributed by atoms with Crippen molar-refractivity contribution in [3.8, 4) is 0 Å². The van der Waals surface area contributed by atoms with Crippen LogP contribution in [0.25, 0.3) is 0 Å². The molecule has 128 valence electrons. The molecule has 1 unspecified atom stereocenters. The monoisotopic (exact) mass is 330 g/mol. The summed E-state index contributed by atoms with van der Waals surface area (Å²) in [6, 6.07) is 10.0. The molecule has 0 saturated carbocycles. The minimum absolute atomic E-state index is 0.215. The lowest BCUT2D eigenvalue weighted by atomic mass is 10.3. The number of carbonyl (C=O) groups excluding carboxylic acids is 1. The van der Waals surface area contributed by atoms with E-state index in [0.29, 0.717) is 6.54 Å². The summed E-state index contributed by atoms with van der Waals surface area (Å²) in [5.41, 5.74) is 0. The van der Waals surface area contributed by atoms with Gasteiger partial charge in [-0.1, -0.05) is 6.07 Å². The van der Waals surface area contributed by atoms with Crippen molar-refractivity contribution >= 4 is 11.7 Å². The summed E-state index contributed by atoms with van der Waals surface area (Å²) in [6.07, 6.45) is 1.93. The third kappa shape index (κ3) is 4.14. The Kier molecular flexibility index (Phi) is 5.15. The number of hydrogen-bond donors (Lipinski definition) is 1. The maximum Gasteiger partial charge on any atom is 0.278 e. The first-order chi connectivity index (χ1) is 11.6. The number of pyridine rings is 1. The zero-order valence-electron chi connectivity index (χ0n) is 14.4. The van der Waals surface area contributed by atoms with Gasteiger partial charge in [-0.05, 0) is 25.1 Å². The molecule has 1 aliphatic heterocycles. The van der Waals surface area contributed by atoms with Crippen LogP contribution in [0.5, 0.6) is 0 Å². The van der Waals surface area contributed by atoms with E-state index in [1.54, 1.807) is 0 Å². The maximum absolute atomic E-state index is 12.5. The summed E-state index contributed by atoms with van der Waals surface area (Å²) >= 11 is 0. The molecule has 0 radical (unpaired) electrons. The van der Waals surface area contributed by atoms with Crippen LogP contribution in [-0.2, 0) is 11.3 Å². The number of piperazine rings is 1. The van der Waals surface area contributed by atoms with Gasteiger partial charge in [0, 0.05) is 6.07 Å². The molecule has 6 heteroatoms. The minimum Gasteiger partial charge on any atom is -0.460 e. The van der Waals surface area contributed by atoms with E-state index in [1.165, 1.54) is 0 Å². The van der Waals surface area contributed by atoms with Gasteiger partial charge in [0.25, 0.3) is 11.7 Å². The number of nitrogens with zero attached hydrogens (tertiary/aromatic N) is 2. The number of amides is 1. The van der Waals surface area contributed by atoms with Crippen LogP contribution in [0.2, 0.25) is 0 Å². The lowest BCUT2D eigenvalue weighted by molar-refractivity contribution is -0.886. The molecule has 2 aromatic rings. The highest BCUT2D eigenvalue weighted by atomic mass is 16.3. The molecule has 0 bridgehead atoms. The van der Waals surface area contributed by atoms with Crippen molar-refractivity contribution in [3.63, 3.8) is 0 Å². The van der Waals surface area contributed by atoms with Gasteiger partial charge in [0.15, 0.2) is 12.3 Å². The van der Waals surface area contributed by atoms with E-state index < -0.39 is 0 Å². The molecule has 0 spiro atoms. The molecule has 3 heterocycles. The van der Waals surface area contributed by atoms with Crippen LogP contribution in [-0.4, -0.2) is 50.6 Å². The second-order valence-corrected chi connectivity index (χ2v) is 6.44. The highest BCUT2D eigenvalue weighted by Gasteiger charge is 2.27. The number of aryl methyl sites for hydroxylation is 1. The Balaban J connectivity index is 1.46. The first-order valence-electron chi connectivity index (χ1n) is 8.48. The van der Waals surface area contributed by atoms with Gasteiger partial charge in [-0.15, -0.1) is 0 Å². The third-order valence-corrected chi connectivity index (χ3v) is 4.39. The Morgan fingerprint density at radius 3 is 2.62 bits per heavy atom. The molecule has 3 rings (SSSR count). The average molecular weight is 330 g/mol. The molecule has 1 fully saturated rings. The molecule has 1 saturated heterocycles. The number of quaternary nitrogens is 1. The second kappa shape index (κ2) is 7.49. The van der Waals surface area contributed by atoms with Gasteiger partial charge in [0.05, 0.1) is 26.3 Å². The highest BCUT2D eigenvalue weighted by molar-refractivity contribution is 5.77. The molecule has 2 aromatic heterocycles. The van der Waals surface area contributed by atoms with E-state index in [1.807, 2.05) is 49.3 Å². The predicted octanol–water partition coefficient (Wildman–Crippen LogP) is -0.234. The number of rotatable bonds is 5. The summed E-state index contributed by atoms with van der Waals surface area (Å²) in [4.78, 5) is 21.1. The smallest absolute Gasteiger partial charge is 0.278 e. The van der Waals surface area contributed by atoms with E-state index in [9.17, 15) is 4.79 Å². The molecule has 1 aliphatic rings. The molecule has 1 atom stereocenters. The molecule has 0 aliphatic carbocycles. The van der Waals surface area contributed by atoms with Crippen molar-refractivity contribution in [2.24, 2.45) is 0 Å². The first kappa shape index (κ1) is 16.5. The van der Waals surface area contributed by atoms with Gasteiger partial charge in [0.1, 0.15) is 25.4 Å². The van der Waals surface area contributed by atoms with Gasteiger partial charge >= 0.3 is 0 Å². The number of aromatic amines is 1.